The van der Waals surface area contributed by atoms with Gasteiger partial charge in [0.15, 0.2) is 5.13 Å². The van der Waals surface area contributed by atoms with Gasteiger partial charge in [0.1, 0.15) is 0 Å². The summed E-state index contributed by atoms with van der Waals surface area (Å²) in [5.74, 6) is 0.0242. The van der Waals surface area contributed by atoms with Crippen LogP contribution in [0.1, 0.15) is 41.8 Å². The van der Waals surface area contributed by atoms with Crippen molar-refractivity contribution in [3.63, 3.8) is 0 Å². The number of carbonyl (C=O) groups excluding carboxylic acids is 2. The van der Waals surface area contributed by atoms with Crippen LogP contribution in [-0.2, 0) is 24.3 Å². The van der Waals surface area contributed by atoms with Gasteiger partial charge in [0.2, 0.25) is 5.91 Å². The third-order valence-corrected chi connectivity index (χ3v) is 6.42. The van der Waals surface area contributed by atoms with Crippen molar-refractivity contribution in [2.45, 2.75) is 51.2 Å². The van der Waals surface area contributed by atoms with Crippen molar-refractivity contribution in [1.82, 2.24) is 20.5 Å². The Morgan fingerprint density at radius 2 is 1.97 bits per heavy atom. The Bertz CT molecular complexity index is 848. The van der Waals surface area contributed by atoms with Crippen molar-refractivity contribution < 1.29 is 9.59 Å². The SMILES string of the molecule is O=C(CN1CCc2nc(NC(=O)NC3CCCC3)sc2C1)NCc1ccccc1. The van der Waals surface area contributed by atoms with Crippen LogP contribution in [0.4, 0.5) is 9.93 Å². The first-order valence-electron chi connectivity index (χ1n) is 10.2. The van der Waals surface area contributed by atoms with Gasteiger partial charge in [-0.3, -0.25) is 15.0 Å². The van der Waals surface area contributed by atoms with Gasteiger partial charge in [-0.25, -0.2) is 9.78 Å². The zero-order valence-electron chi connectivity index (χ0n) is 16.4. The highest BCUT2D eigenvalue weighted by Gasteiger charge is 2.23. The smallest absolute Gasteiger partial charge is 0.321 e. The first kappa shape index (κ1) is 19.8. The van der Waals surface area contributed by atoms with Gasteiger partial charge >= 0.3 is 6.03 Å². The molecule has 1 aliphatic heterocycles. The summed E-state index contributed by atoms with van der Waals surface area (Å²) in [6.45, 7) is 2.40. The fourth-order valence-corrected chi connectivity index (χ4v) is 4.93. The molecular formula is C21H27N5O2S. The van der Waals surface area contributed by atoms with Crippen LogP contribution >= 0.6 is 11.3 Å². The van der Waals surface area contributed by atoms with Crippen molar-refractivity contribution in [3.8, 4) is 0 Å². The Labute approximate surface area is 174 Å². The molecule has 2 heterocycles. The number of carbonyl (C=O) groups is 2. The van der Waals surface area contributed by atoms with Gasteiger partial charge in [-0.05, 0) is 18.4 Å². The minimum atomic E-state index is -0.167. The zero-order valence-corrected chi connectivity index (χ0v) is 17.3. The molecule has 3 amide bonds. The highest BCUT2D eigenvalue weighted by molar-refractivity contribution is 7.15. The summed E-state index contributed by atoms with van der Waals surface area (Å²) in [6.07, 6.45) is 5.28. The Morgan fingerprint density at radius 1 is 1.17 bits per heavy atom. The monoisotopic (exact) mass is 413 g/mol. The van der Waals surface area contributed by atoms with Gasteiger partial charge in [-0.15, -0.1) is 11.3 Å². The molecule has 0 atom stereocenters. The molecule has 7 nitrogen and oxygen atoms in total. The molecule has 2 aliphatic rings. The molecule has 0 bridgehead atoms. The lowest BCUT2D eigenvalue weighted by Crippen LogP contribution is -2.39. The molecule has 29 heavy (non-hydrogen) atoms. The van der Waals surface area contributed by atoms with E-state index in [0.717, 1.165) is 41.9 Å². The molecule has 1 aromatic heterocycles. The number of thiazole rings is 1. The van der Waals surface area contributed by atoms with E-state index in [0.29, 0.717) is 24.8 Å². The van der Waals surface area contributed by atoms with Gasteiger partial charge in [0.05, 0.1) is 12.2 Å². The maximum atomic E-state index is 12.3. The van der Waals surface area contributed by atoms with E-state index in [1.54, 1.807) is 0 Å². The Morgan fingerprint density at radius 3 is 2.76 bits per heavy atom. The van der Waals surface area contributed by atoms with E-state index in [4.69, 9.17) is 0 Å². The maximum absolute atomic E-state index is 12.3. The predicted molar refractivity (Wildman–Crippen MR) is 114 cm³/mol. The summed E-state index contributed by atoms with van der Waals surface area (Å²) in [5.41, 5.74) is 2.13. The number of hydrogen-bond donors (Lipinski definition) is 3. The quantitative estimate of drug-likeness (QED) is 0.680. The number of urea groups is 1. The third-order valence-electron chi connectivity index (χ3n) is 5.42. The molecule has 0 spiro atoms. The lowest BCUT2D eigenvalue weighted by molar-refractivity contribution is -0.122. The fraction of sp³-hybridized carbons (Fsp3) is 0.476. The van der Waals surface area contributed by atoms with Gasteiger partial charge in [-0.2, -0.15) is 0 Å². The third kappa shape index (κ3) is 5.55. The lowest BCUT2D eigenvalue weighted by Gasteiger charge is -2.25. The van der Waals surface area contributed by atoms with Crippen LogP contribution in [0.5, 0.6) is 0 Å². The lowest BCUT2D eigenvalue weighted by atomic mass is 10.2. The van der Waals surface area contributed by atoms with Crippen LogP contribution in [0, 0.1) is 0 Å². The van der Waals surface area contributed by atoms with Crippen molar-refractivity contribution in [1.29, 1.82) is 0 Å². The number of aromatic nitrogens is 1. The second kappa shape index (κ2) is 9.37. The average molecular weight is 414 g/mol. The molecule has 0 unspecified atom stereocenters. The van der Waals surface area contributed by atoms with Crippen LogP contribution in [0.3, 0.4) is 0 Å². The van der Waals surface area contributed by atoms with E-state index in [1.807, 2.05) is 30.3 Å². The topological polar surface area (TPSA) is 86.4 Å². The predicted octanol–water partition coefficient (Wildman–Crippen LogP) is 2.88. The van der Waals surface area contributed by atoms with E-state index in [1.165, 1.54) is 24.2 Å². The standard InChI is InChI=1S/C21H27N5O2S/c27-19(22-12-15-6-2-1-3-7-15)14-26-11-10-17-18(13-26)29-21(24-17)25-20(28)23-16-8-4-5-9-16/h1-3,6-7,16H,4-5,8-14H2,(H,22,27)(H2,23,24,25,28). The summed E-state index contributed by atoms with van der Waals surface area (Å²) in [5, 5.41) is 9.52. The largest absolute Gasteiger partial charge is 0.351 e. The Hall–Kier alpha value is -2.45. The molecule has 1 aromatic carbocycles. The molecule has 1 fully saturated rings. The summed E-state index contributed by atoms with van der Waals surface area (Å²) in [4.78, 5) is 32.3. The van der Waals surface area contributed by atoms with Crippen molar-refractivity contribution >= 4 is 28.4 Å². The molecule has 1 saturated carbocycles. The highest BCUT2D eigenvalue weighted by atomic mass is 32.1. The van der Waals surface area contributed by atoms with Gasteiger partial charge in [0.25, 0.3) is 0 Å². The van der Waals surface area contributed by atoms with Crippen molar-refractivity contribution in [2.75, 3.05) is 18.4 Å². The number of benzene rings is 1. The summed E-state index contributed by atoms with van der Waals surface area (Å²) < 4.78 is 0. The Balaban J connectivity index is 1.25. The Kier molecular flexibility index (Phi) is 6.41. The molecule has 3 N–H and O–H groups in total. The number of hydrogen-bond acceptors (Lipinski definition) is 5. The fourth-order valence-electron chi connectivity index (χ4n) is 3.88. The van der Waals surface area contributed by atoms with Gasteiger partial charge < -0.3 is 10.6 Å². The molecule has 154 valence electrons. The number of nitrogens with zero attached hydrogens (tertiary/aromatic N) is 2. The summed E-state index contributed by atoms with van der Waals surface area (Å²) in [7, 11) is 0. The molecule has 4 rings (SSSR count). The second-order valence-corrected chi connectivity index (χ2v) is 8.78. The number of amides is 3. The van der Waals surface area contributed by atoms with Crippen LogP contribution in [0.15, 0.2) is 30.3 Å². The van der Waals surface area contributed by atoms with Crippen LogP contribution in [-0.4, -0.2) is 41.0 Å². The zero-order chi connectivity index (χ0) is 20.1. The van der Waals surface area contributed by atoms with E-state index in [2.05, 4.69) is 25.8 Å². The molecule has 0 saturated heterocycles. The van der Waals surface area contributed by atoms with Gasteiger partial charge in [0, 0.05) is 37.0 Å². The number of nitrogens with one attached hydrogen (secondary N) is 3. The van der Waals surface area contributed by atoms with Crippen LogP contribution in [0.2, 0.25) is 0 Å². The normalized spacial score (nSPS) is 17.0. The number of anilines is 1. The number of fused-ring (bicyclic) bond motifs is 1. The van der Waals surface area contributed by atoms with Gasteiger partial charge in [-0.1, -0.05) is 43.2 Å². The first-order chi connectivity index (χ1) is 14.2. The second-order valence-electron chi connectivity index (χ2n) is 7.69. The minimum Gasteiger partial charge on any atom is -0.351 e. The molecular weight excluding hydrogens is 386 g/mol. The van der Waals surface area contributed by atoms with Crippen molar-refractivity contribution in [3.05, 3.63) is 46.5 Å². The van der Waals surface area contributed by atoms with E-state index >= 15 is 0 Å². The molecule has 2 aromatic rings. The average Bonchev–Trinajstić information content (AvgIpc) is 3.36. The number of rotatable bonds is 6. The van der Waals surface area contributed by atoms with E-state index < -0.39 is 0 Å². The highest BCUT2D eigenvalue weighted by Crippen LogP contribution is 2.28. The molecule has 1 aliphatic carbocycles. The van der Waals surface area contributed by atoms with E-state index in [-0.39, 0.29) is 18.0 Å². The molecule has 0 radical (unpaired) electrons. The van der Waals surface area contributed by atoms with Crippen LogP contribution < -0.4 is 16.0 Å². The minimum absolute atomic E-state index is 0.0242. The maximum Gasteiger partial charge on any atom is 0.321 e. The molecule has 8 heteroatoms. The summed E-state index contributed by atoms with van der Waals surface area (Å²) in [6, 6.07) is 10.0. The van der Waals surface area contributed by atoms with Crippen molar-refractivity contribution in [2.24, 2.45) is 0 Å². The van der Waals surface area contributed by atoms with E-state index in [9.17, 15) is 9.59 Å². The summed E-state index contributed by atoms with van der Waals surface area (Å²) >= 11 is 1.51. The van der Waals surface area contributed by atoms with Crippen LogP contribution in [0.25, 0.3) is 0 Å². The first-order valence-corrected chi connectivity index (χ1v) is 11.1.